The van der Waals surface area contributed by atoms with Crippen LogP contribution in [0.1, 0.15) is 33.9 Å². The highest BCUT2D eigenvalue weighted by molar-refractivity contribution is 5.91. The molecule has 29 heavy (non-hydrogen) atoms. The average molecular weight is 390 g/mol. The summed E-state index contributed by atoms with van der Waals surface area (Å²) < 4.78 is 7.70. The summed E-state index contributed by atoms with van der Waals surface area (Å²) in [5.74, 6) is 1.11. The van der Waals surface area contributed by atoms with E-state index in [2.05, 4.69) is 46.5 Å². The van der Waals surface area contributed by atoms with E-state index in [4.69, 9.17) is 4.42 Å². The molecule has 1 aliphatic heterocycles. The fourth-order valence-electron chi connectivity index (χ4n) is 3.52. The van der Waals surface area contributed by atoms with Gasteiger partial charge in [-0.2, -0.15) is 5.10 Å². The second-order valence-corrected chi connectivity index (χ2v) is 7.59. The molecule has 2 aromatic heterocycles. The lowest BCUT2D eigenvalue weighted by atomic mass is 10.0. The van der Waals surface area contributed by atoms with Gasteiger partial charge in [-0.15, -0.1) is 0 Å². The third kappa shape index (κ3) is 4.66. The Kier molecular flexibility index (Phi) is 5.62. The van der Waals surface area contributed by atoms with Crippen LogP contribution in [0.2, 0.25) is 0 Å². The number of furan rings is 1. The molecule has 3 aromatic rings. The van der Waals surface area contributed by atoms with Crippen molar-refractivity contribution in [2.24, 2.45) is 0 Å². The standard InChI is InChI=1S/C23H26N4O2/c1-25(2)23(28)22-9-8-21(29-22)17-26-12-10-19(11-13-26)20-14-24-27(16-20)15-18-6-4-3-5-7-18/h3-10,14,16H,11-13,15,17H2,1-2H3. The van der Waals surface area contributed by atoms with Gasteiger partial charge in [0.1, 0.15) is 5.76 Å². The second kappa shape index (κ2) is 8.49. The molecule has 4 rings (SSSR count). The average Bonchev–Trinajstić information content (AvgIpc) is 3.38. The first kappa shape index (κ1) is 19.2. The summed E-state index contributed by atoms with van der Waals surface area (Å²) in [4.78, 5) is 15.8. The Morgan fingerprint density at radius 3 is 2.69 bits per heavy atom. The lowest BCUT2D eigenvalue weighted by molar-refractivity contribution is 0.0793. The van der Waals surface area contributed by atoms with Crippen LogP contribution in [0.3, 0.4) is 0 Å². The van der Waals surface area contributed by atoms with Crippen LogP contribution >= 0.6 is 0 Å². The van der Waals surface area contributed by atoms with E-state index in [1.807, 2.05) is 23.0 Å². The van der Waals surface area contributed by atoms with E-state index in [9.17, 15) is 4.79 Å². The molecule has 0 radical (unpaired) electrons. The summed E-state index contributed by atoms with van der Waals surface area (Å²) >= 11 is 0. The summed E-state index contributed by atoms with van der Waals surface area (Å²) in [6.07, 6.45) is 7.32. The molecular formula is C23H26N4O2. The fourth-order valence-corrected chi connectivity index (χ4v) is 3.52. The zero-order valence-electron chi connectivity index (χ0n) is 16.9. The van der Waals surface area contributed by atoms with Crippen molar-refractivity contribution < 1.29 is 9.21 Å². The fraction of sp³-hybridized carbons (Fsp3) is 0.304. The van der Waals surface area contributed by atoms with E-state index in [0.717, 1.165) is 31.8 Å². The maximum absolute atomic E-state index is 12.0. The number of amides is 1. The van der Waals surface area contributed by atoms with Crippen LogP contribution in [0.4, 0.5) is 0 Å². The molecule has 1 aromatic carbocycles. The Morgan fingerprint density at radius 1 is 1.14 bits per heavy atom. The highest BCUT2D eigenvalue weighted by atomic mass is 16.4. The number of hydrogen-bond donors (Lipinski definition) is 0. The van der Waals surface area contributed by atoms with Crippen molar-refractivity contribution in [3.63, 3.8) is 0 Å². The topological polar surface area (TPSA) is 54.5 Å². The number of nitrogens with zero attached hydrogens (tertiary/aromatic N) is 4. The molecule has 0 N–H and O–H groups in total. The molecule has 1 amide bonds. The van der Waals surface area contributed by atoms with Crippen LogP contribution in [0.5, 0.6) is 0 Å². The lowest BCUT2D eigenvalue weighted by Crippen LogP contribution is -2.27. The summed E-state index contributed by atoms with van der Waals surface area (Å²) in [6, 6.07) is 14.0. The molecule has 3 heterocycles. The summed E-state index contributed by atoms with van der Waals surface area (Å²) in [7, 11) is 3.45. The number of carbonyl (C=O) groups is 1. The van der Waals surface area contributed by atoms with Gasteiger partial charge in [-0.05, 0) is 29.7 Å². The third-order valence-electron chi connectivity index (χ3n) is 5.14. The summed E-state index contributed by atoms with van der Waals surface area (Å²) in [5.41, 5.74) is 3.78. The molecule has 0 atom stereocenters. The van der Waals surface area contributed by atoms with Gasteiger partial charge in [0.15, 0.2) is 5.76 Å². The van der Waals surface area contributed by atoms with E-state index in [1.54, 1.807) is 20.2 Å². The number of benzene rings is 1. The Hall–Kier alpha value is -3.12. The summed E-state index contributed by atoms with van der Waals surface area (Å²) in [6.45, 7) is 3.30. The molecule has 6 heteroatoms. The van der Waals surface area contributed by atoms with Crippen LogP contribution < -0.4 is 0 Å². The van der Waals surface area contributed by atoms with Gasteiger partial charge in [0, 0.05) is 38.9 Å². The Balaban J connectivity index is 1.35. The highest BCUT2D eigenvalue weighted by Crippen LogP contribution is 2.23. The predicted molar refractivity (Wildman–Crippen MR) is 112 cm³/mol. The van der Waals surface area contributed by atoms with E-state index < -0.39 is 0 Å². The quantitative estimate of drug-likeness (QED) is 0.646. The number of carbonyl (C=O) groups excluding carboxylic acids is 1. The molecular weight excluding hydrogens is 364 g/mol. The summed E-state index contributed by atoms with van der Waals surface area (Å²) in [5, 5.41) is 4.52. The zero-order chi connectivity index (χ0) is 20.2. The monoisotopic (exact) mass is 390 g/mol. The smallest absolute Gasteiger partial charge is 0.289 e. The van der Waals surface area contributed by atoms with Crippen molar-refractivity contribution in [3.8, 4) is 0 Å². The Bertz CT molecular complexity index is 1000. The molecule has 150 valence electrons. The molecule has 1 aliphatic rings. The van der Waals surface area contributed by atoms with E-state index in [-0.39, 0.29) is 5.91 Å². The zero-order valence-corrected chi connectivity index (χ0v) is 16.9. The molecule has 0 saturated heterocycles. The van der Waals surface area contributed by atoms with Crippen LogP contribution in [0.15, 0.2) is 65.4 Å². The highest BCUT2D eigenvalue weighted by Gasteiger charge is 2.18. The molecule has 0 saturated carbocycles. The van der Waals surface area contributed by atoms with E-state index >= 15 is 0 Å². The number of hydrogen-bond acceptors (Lipinski definition) is 4. The van der Waals surface area contributed by atoms with Crippen LogP contribution in [0, 0.1) is 0 Å². The van der Waals surface area contributed by atoms with Crippen molar-refractivity contribution in [2.45, 2.75) is 19.5 Å². The van der Waals surface area contributed by atoms with Crippen molar-refractivity contribution in [3.05, 3.63) is 83.6 Å². The molecule has 6 nitrogen and oxygen atoms in total. The minimum absolute atomic E-state index is 0.107. The molecule has 0 bridgehead atoms. The Labute approximate surface area is 171 Å². The van der Waals surface area contributed by atoms with Crippen molar-refractivity contribution in [2.75, 3.05) is 27.2 Å². The SMILES string of the molecule is CN(C)C(=O)c1ccc(CN2CC=C(c3cnn(Cc4ccccc4)c3)CC2)o1. The largest absolute Gasteiger partial charge is 0.455 e. The van der Waals surface area contributed by atoms with Gasteiger partial charge in [-0.1, -0.05) is 36.4 Å². The van der Waals surface area contributed by atoms with Gasteiger partial charge in [-0.3, -0.25) is 14.4 Å². The molecule has 0 fully saturated rings. The van der Waals surface area contributed by atoms with Gasteiger partial charge in [0.05, 0.1) is 19.3 Å². The van der Waals surface area contributed by atoms with Crippen LogP contribution in [-0.2, 0) is 13.1 Å². The lowest BCUT2D eigenvalue weighted by Gasteiger charge is -2.25. The van der Waals surface area contributed by atoms with Crippen molar-refractivity contribution in [1.29, 1.82) is 0 Å². The first-order valence-electron chi connectivity index (χ1n) is 9.87. The normalized spacial score (nSPS) is 14.6. The molecule has 0 aliphatic carbocycles. The van der Waals surface area contributed by atoms with E-state index in [0.29, 0.717) is 12.3 Å². The van der Waals surface area contributed by atoms with Gasteiger partial charge >= 0.3 is 0 Å². The maximum atomic E-state index is 12.0. The molecule has 0 spiro atoms. The first-order valence-corrected chi connectivity index (χ1v) is 9.87. The number of rotatable bonds is 6. The molecule has 0 unspecified atom stereocenters. The van der Waals surface area contributed by atoms with Crippen molar-refractivity contribution >= 4 is 11.5 Å². The minimum Gasteiger partial charge on any atom is -0.455 e. The van der Waals surface area contributed by atoms with Crippen LogP contribution in [-0.4, -0.2) is 52.7 Å². The van der Waals surface area contributed by atoms with Crippen molar-refractivity contribution in [1.82, 2.24) is 19.6 Å². The second-order valence-electron chi connectivity index (χ2n) is 7.59. The van der Waals surface area contributed by atoms with Gasteiger partial charge in [0.25, 0.3) is 5.91 Å². The third-order valence-corrected chi connectivity index (χ3v) is 5.14. The minimum atomic E-state index is -0.107. The first-order chi connectivity index (χ1) is 14.1. The van der Waals surface area contributed by atoms with Gasteiger partial charge in [0.2, 0.25) is 0 Å². The van der Waals surface area contributed by atoms with Crippen LogP contribution in [0.25, 0.3) is 5.57 Å². The number of aromatic nitrogens is 2. The Morgan fingerprint density at radius 2 is 1.97 bits per heavy atom. The van der Waals surface area contributed by atoms with Gasteiger partial charge in [-0.25, -0.2) is 0 Å². The van der Waals surface area contributed by atoms with Gasteiger partial charge < -0.3 is 9.32 Å². The predicted octanol–water partition coefficient (Wildman–Crippen LogP) is 3.52. The van der Waals surface area contributed by atoms with E-state index in [1.165, 1.54) is 21.6 Å². The maximum Gasteiger partial charge on any atom is 0.289 e.